The van der Waals surface area contributed by atoms with Gasteiger partial charge < -0.3 is 9.84 Å². The Morgan fingerprint density at radius 3 is 2.86 bits per heavy atom. The number of rotatable bonds is 5. The molecule has 1 aliphatic rings. The van der Waals surface area contributed by atoms with Gasteiger partial charge in [-0.2, -0.15) is 4.98 Å². The van der Waals surface area contributed by atoms with Gasteiger partial charge in [0.1, 0.15) is 5.92 Å². The predicted molar refractivity (Wildman–Crippen MR) is 70.1 cm³/mol. The fraction of sp³-hybridized carbons (Fsp3) is 0.308. The number of hydrogen-bond acceptors (Lipinski definition) is 6. The number of nitro groups is 1. The van der Waals surface area contributed by atoms with Crippen LogP contribution in [0.4, 0.5) is 0 Å². The summed E-state index contributed by atoms with van der Waals surface area (Å²) in [6, 6.07) is 8.13. The van der Waals surface area contributed by atoms with Crippen molar-refractivity contribution in [2.75, 3.05) is 0 Å². The molecule has 1 aromatic carbocycles. The lowest BCUT2D eigenvalue weighted by Crippen LogP contribution is -2.23. The third-order valence-electron chi connectivity index (χ3n) is 3.27. The van der Waals surface area contributed by atoms with Crippen LogP contribution in [0.15, 0.2) is 34.9 Å². The van der Waals surface area contributed by atoms with Crippen molar-refractivity contribution in [1.82, 2.24) is 15.5 Å². The molecular weight excluding hydrogens is 276 g/mol. The molecule has 3 rings (SSSR count). The molecule has 1 aliphatic carbocycles. The second kappa shape index (κ2) is 5.31. The molecule has 1 saturated carbocycles. The molecule has 1 heterocycles. The van der Waals surface area contributed by atoms with Gasteiger partial charge in [-0.15, -0.1) is 0 Å². The third-order valence-corrected chi connectivity index (χ3v) is 3.27. The molecule has 1 amide bonds. The molecule has 0 bridgehead atoms. The van der Waals surface area contributed by atoms with Crippen molar-refractivity contribution in [3.63, 3.8) is 0 Å². The minimum Gasteiger partial charge on any atom is -0.345 e. The summed E-state index contributed by atoms with van der Waals surface area (Å²) >= 11 is 0. The number of nitrogens with one attached hydrogen (secondary N) is 1. The number of aromatic nitrogens is 2. The lowest BCUT2D eigenvalue weighted by Gasteiger charge is -2.01. The molecule has 1 aromatic heterocycles. The molecule has 0 radical (unpaired) electrons. The van der Waals surface area contributed by atoms with E-state index in [0.29, 0.717) is 17.8 Å². The van der Waals surface area contributed by atoms with E-state index in [1.54, 1.807) is 24.3 Å². The van der Waals surface area contributed by atoms with E-state index in [4.69, 9.17) is 4.52 Å². The van der Waals surface area contributed by atoms with E-state index in [9.17, 15) is 14.9 Å². The van der Waals surface area contributed by atoms with Crippen LogP contribution in [0.3, 0.4) is 0 Å². The average Bonchev–Trinajstić information content (AvgIpc) is 3.18. The Labute approximate surface area is 119 Å². The zero-order chi connectivity index (χ0) is 14.8. The summed E-state index contributed by atoms with van der Waals surface area (Å²) in [4.78, 5) is 26.1. The predicted octanol–water partition coefficient (Wildman–Crippen LogP) is 1.13. The Morgan fingerprint density at radius 2 is 2.19 bits per heavy atom. The van der Waals surface area contributed by atoms with E-state index in [1.807, 2.05) is 6.07 Å². The van der Waals surface area contributed by atoms with Crippen LogP contribution in [0.25, 0.3) is 0 Å². The minimum atomic E-state index is -0.628. The number of carbonyl (C=O) groups is 1. The van der Waals surface area contributed by atoms with Gasteiger partial charge in [0.25, 0.3) is 5.91 Å². The van der Waals surface area contributed by atoms with Gasteiger partial charge in [0.2, 0.25) is 11.9 Å². The zero-order valence-corrected chi connectivity index (χ0v) is 10.9. The second-order valence-corrected chi connectivity index (χ2v) is 4.79. The molecular formula is C13H12N4O4. The summed E-state index contributed by atoms with van der Waals surface area (Å²) in [5.41, 5.74) is 0.539. The topological polar surface area (TPSA) is 111 Å². The first kappa shape index (κ1) is 13.2. The van der Waals surface area contributed by atoms with Crippen LogP contribution in [-0.4, -0.2) is 27.0 Å². The number of nitrogens with zero attached hydrogens (tertiary/aromatic N) is 3. The fourth-order valence-corrected chi connectivity index (χ4v) is 2.02. The third kappa shape index (κ3) is 2.88. The molecule has 0 spiro atoms. The largest absolute Gasteiger partial charge is 0.345 e. The Bertz CT molecular complexity index is 670. The van der Waals surface area contributed by atoms with E-state index in [-0.39, 0.29) is 29.2 Å². The van der Waals surface area contributed by atoms with Gasteiger partial charge in [-0.1, -0.05) is 23.4 Å². The summed E-state index contributed by atoms with van der Waals surface area (Å²) in [7, 11) is 0. The van der Waals surface area contributed by atoms with E-state index in [0.717, 1.165) is 0 Å². The SMILES string of the molecule is O=C(NCc1noc([C@H]2C[C@H]2[N+](=O)[O-])n1)c1ccccc1. The Morgan fingerprint density at radius 1 is 1.43 bits per heavy atom. The van der Waals surface area contributed by atoms with Crippen LogP contribution in [0.2, 0.25) is 0 Å². The van der Waals surface area contributed by atoms with Crippen LogP contribution in [-0.2, 0) is 6.54 Å². The van der Waals surface area contributed by atoms with E-state index >= 15 is 0 Å². The van der Waals surface area contributed by atoms with Crippen molar-refractivity contribution in [2.45, 2.75) is 24.9 Å². The van der Waals surface area contributed by atoms with Crippen molar-refractivity contribution in [1.29, 1.82) is 0 Å². The number of carbonyl (C=O) groups excluding carboxylic acids is 1. The Balaban J connectivity index is 1.56. The van der Waals surface area contributed by atoms with Gasteiger partial charge in [0.15, 0.2) is 5.82 Å². The summed E-state index contributed by atoms with van der Waals surface area (Å²) in [6.07, 6.45) is 0.422. The molecule has 0 saturated heterocycles. The van der Waals surface area contributed by atoms with Crippen LogP contribution in [0.1, 0.15) is 34.4 Å². The maximum Gasteiger partial charge on any atom is 0.251 e. The molecule has 8 heteroatoms. The summed E-state index contributed by atoms with van der Waals surface area (Å²) in [5, 5.41) is 17.0. The molecule has 1 N–H and O–H groups in total. The van der Waals surface area contributed by atoms with E-state index < -0.39 is 6.04 Å². The standard InChI is InChI=1S/C13H12N4O4/c18-12(8-4-2-1-3-5-8)14-7-11-15-13(21-16-11)9-6-10(9)17(19)20/h1-5,9-10H,6-7H2,(H,14,18)/t9-,10+/m0/s1. The fourth-order valence-electron chi connectivity index (χ4n) is 2.02. The molecule has 1 fully saturated rings. The monoisotopic (exact) mass is 288 g/mol. The highest BCUT2D eigenvalue weighted by Gasteiger charge is 2.53. The van der Waals surface area contributed by atoms with Crippen molar-refractivity contribution >= 4 is 5.91 Å². The van der Waals surface area contributed by atoms with Crippen LogP contribution >= 0.6 is 0 Å². The number of amides is 1. The molecule has 108 valence electrons. The minimum absolute atomic E-state index is 0.118. The average molecular weight is 288 g/mol. The van der Waals surface area contributed by atoms with Crippen molar-refractivity contribution in [3.8, 4) is 0 Å². The van der Waals surface area contributed by atoms with Gasteiger partial charge in [-0.3, -0.25) is 14.9 Å². The normalized spacial score (nSPS) is 20.0. The first-order valence-electron chi connectivity index (χ1n) is 6.44. The molecule has 2 aromatic rings. The highest BCUT2D eigenvalue weighted by atomic mass is 16.6. The maximum absolute atomic E-state index is 11.8. The Hall–Kier alpha value is -2.77. The molecule has 8 nitrogen and oxygen atoms in total. The van der Waals surface area contributed by atoms with Crippen molar-refractivity contribution in [2.24, 2.45) is 0 Å². The highest BCUT2D eigenvalue weighted by molar-refractivity contribution is 5.93. The van der Waals surface area contributed by atoms with Gasteiger partial charge >= 0.3 is 0 Å². The first-order chi connectivity index (χ1) is 10.1. The van der Waals surface area contributed by atoms with E-state index in [1.165, 1.54) is 0 Å². The van der Waals surface area contributed by atoms with Gasteiger partial charge in [0, 0.05) is 16.9 Å². The number of benzene rings is 1. The lowest BCUT2D eigenvalue weighted by molar-refractivity contribution is -0.496. The van der Waals surface area contributed by atoms with Gasteiger partial charge in [0.05, 0.1) is 6.54 Å². The Kier molecular flexibility index (Phi) is 3.35. The summed E-state index contributed by atoms with van der Waals surface area (Å²) in [5.74, 6) is 0.0338. The second-order valence-electron chi connectivity index (χ2n) is 4.79. The molecule has 21 heavy (non-hydrogen) atoms. The van der Waals surface area contributed by atoms with Crippen LogP contribution in [0, 0.1) is 10.1 Å². The number of hydrogen-bond donors (Lipinski definition) is 1. The summed E-state index contributed by atoms with van der Waals surface area (Å²) in [6.45, 7) is 0.118. The van der Waals surface area contributed by atoms with Gasteiger partial charge in [-0.05, 0) is 12.1 Å². The smallest absolute Gasteiger partial charge is 0.251 e. The first-order valence-corrected chi connectivity index (χ1v) is 6.44. The maximum atomic E-state index is 11.8. The lowest BCUT2D eigenvalue weighted by atomic mass is 10.2. The van der Waals surface area contributed by atoms with Crippen LogP contribution in [0.5, 0.6) is 0 Å². The van der Waals surface area contributed by atoms with Crippen LogP contribution < -0.4 is 5.32 Å². The summed E-state index contributed by atoms with van der Waals surface area (Å²) < 4.78 is 4.99. The van der Waals surface area contributed by atoms with Crippen molar-refractivity contribution < 1.29 is 14.2 Å². The molecule has 0 aliphatic heterocycles. The van der Waals surface area contributed by atoms with E-state index in [2.05, 4.69) is 15.5 Å². The zero-order valence-electron chi connectivity index (χ0n) is 10.9. The molecule has 0 unspecified atom stereocenters. The molecule has 2 atom stereocenters. The van der Waals surface area contributed by atoms with Gasteiger partial charge in [-0.25, -0.2) is 0 Å². The van der Waals surface area contributed by atoms with Crippen molar-refractivity contribution in [3.05, 3.63) is 57.7 Å². The quantitative estimate of drug-likeness (QED) is 0.652. The highest BCUT2D eigenvalue weighted by Crippen LogP contribution is 2.41.